The number of aliphatic imine (C=N–C) groups is 1. The van der Waals surface area contributed by atoms with Gasteiger partial charge in [0.1, 0.15) is 24.9 Å². The van der Waals surface area contributed by atoms with Crippen LogP contribution < -0.4 is 26.0 Å². The molecule has 0 saturated heterocycles. The molecule has 0 spiro atoms. The predicted octanol–water partition coefficient (Wildman–Crippen LogP) is 6.04. The summed E-state index contributed by atoms with van der Waals surface area (Å²) in [5, 5.41) is 6.63. The number of nitrogens with zero attached hydrogens (tertiary/aromatic N) is 2. The molecule has 2 amide bonds. The van der Waals surface area contributed by atoms with Gasteiger partial charge in [-0.2, -0.15) is 0 Å². The number of ether oxygens (including phenoxy) is 1. The zero-order valence-corrected chi connectivity index (χ0v) is 28.4. The van der Waals surface area contributed by atoms with E-state index in [2.05, 4.69) is 64.9 Å². The number of carbonyl (C=O) groups excluding carboxylic acids is 2. The van der Waals surface area contributed by atoms with E-state index in [9.17, 15) is 9.59 Å². The molecule has 5 rings (SSSR count). The largest absolute Gasteiger partial charge is 0.489 e. The van der Waals surface area contributed by atoms with Gasteiger partial charge in [-0.1, -0.05) is 127 Å². The molecule has 5 aromatic carbocycles. The van der Waals surface area contributed by atoms with E-state index in [0.717, 1.165) is 22.4 Å². The number of likely N-dealkylation sites (N-methyl/N-ethyl adjacent to an activating group) is 1. The third-order valence-electron chi connectivity index (χ3n) is 7.99. The van der Waals surface area contributed by atoms with Crippen LogP contribution in [0.25, 0.3) is 0 Å². The van der Waals surface area contributed by atoms with Gasteiger partial charge in [-0.25, -0.2) is 0 Å². The Labute approximate surface area is 285 Å². The molecule has 0 unspecified atom stereocenters. The maximum absolute atomic E-state index is 13.5. The van der Waals surface area contributed by atoms with Crippen LogP contribution in [0.5, 0.6) is 5.75 Å². The van der Waals surface area contributed by atoms with Crippen LogP contribution in [0.3, 0.4) is 0 Å². The van der Waals surface area contributed by atoms with Gasteiger partial charge in [0.15, 0.2) is 0 Å². The van der Waals surface area contributed by atoms with Crippen molar-refractivity contribution in [1.29, 1.82) is 0 Å². The Hall–Kier alpha value is -5.06. The van der Waals surface area contributed by atoms with Gasteiger partial charge in [-0.15, -0.1) is 0 Å². The summed E-state index contributed by atoms with van der Waals surface area (Å²) >= 11 is 0. The lowest BCUT2D eigenvalue weighted by Crippen LogP contribution is -2.50. The van der Waals surface area contributed by atoms with Gasteiger partial charge in [0.2, 0.25) is 11.8 Å². The molecule has 48 heavy (non-hydrogen) atoms. The maximum Gasteiger partial charge on any atom is 0.245 e. The lowest BCUT2D eigenvalue weighted by atomic mass is 10.0. The third kappa shape index (κ3) is 9.49. The van der Waals surface area contributed by atoms with Gasteiger partial charge in [0.25, 0.3) is 0 Å². The molecule has 0 aromatic heterocycles. The van der Waals surface area contributed by atoms with Crippen LogP contribution in [0.2, 0.25) is 0 Å². The Morgan fingerprint density at radius 2 is 1.29 bits per heavy atom. The van der Waals surface area contributed by atoms with Gasteiger partial charge in [0.05, 0.1) is 0 Å². The summed E-state index contributed by atoms with van der Waals surface area (Å²) in [5.74, 6) is 0.338. The first kappa shape index (κ1) is 34.3. The summed E-state index contributed by atoms with van der Waals surface area (Å²) in [6.07, 6.45) is 2.15. The van der Waals surface area contributed by atoms with Crippen LogP contribution in [-0.4, -0.2) is 48.6 Å². The molecule has 244 valence electrons. The molecule has 5 aromatic rings. The molecule has 6 nitrogen and oxygen atoms in total. The fourth-order valence-electron chi connectivity index (χ4n) is 5.50. The lowest BCUT2D eigenvalue weighted by molar-refractivity contribution is -0.135. The summed E-state index contributed by atoms with van der Waals surface area (Å²) < 4.78 is 5.93. The van der Waals surface area contributed by atoms with E-state index >= 15 is 0 Å². The van der Waals surface area contributed by atoms with Crippen LogP contribution >= 0.6 is 7.92 Å². The van der Waals surface area contributed by atoms with Crippen LogP contribution in [0.15, 0.2) is 145 Å². The summed E-state index contributed by atoms with van der Waals surface area (Å²) in [5.41, 5.74) is 2.99. The number of nitrogens with one attached hydrogen (secondary N) is 1. The monoisotopic (exact) mass is 655 g/mol. The van der Waals surface area contributed by atoms with E-state index in [0.29, 0.717) is 26.1 Å². The molecule has 0 heterocycles. The molecular formula is C41H42N3O3P. The van der Waals surface area contributed by atoms with E-state index in [1.165, 1.54) is 15.9 Å². The number of amides is 2. The van der Waals surface area contributed by atoms with Gasteiger partial charge >= 0.3 is 0 Å². The van der Waals surface area contributed by atoms with E-state index in [4.69, 9.17) is 4.74 Å². The second-order valence-electron chi connectivity index (χ2n) is 11.3. The maximum atomic E-state index is 13.5. The van der Waals surface area contributed by atoms with Crippen molar-refractivity contribution in [3.05, 3.63) is 156 Å². The van der Waals surface area contributed by atoms with Crippen molar-refractivity contribution in [3.63, 3.8) is 0 Å². The highest BCUT2D eigenvalue weighted by atomic mass is 31.1. The zero-order chi connectivity index (χ0) is 33.6. The highest BCUT2D eigenvalue weighted by molar-refractivity contribution is 7.80. The molecule has 0 aliphatic carbocycles. The minimum Gasteiger partial charge on any atom is -0.489 e. The minimum atomic E-state index is -0.829. The van der Waals surface area contributed by atoms with Crippen molar-refractivity contribution in [2.45, 2.75) is 32.9 Å². The Kier molecular flexibility index (Phi) is 12.7. The molecule has 0 aliphatic rings. The minimum absolute atomic E-state index is 0.0861. The fraction of sp³-hybridized carbons (Fsp3) is 0.195. The molecule has 0 aliphatic heterocycles. The smallest absolute Gasteiger partial charge is 0.245 e. The summed E-state index contributed by atoms with van der Waals surface area (Å²) in [6.45, 7) is 5.41. The first-order valence-electron chi connectivity index (χ1n) is 16.4. The van der Waals surface area contributed by atoms with Crippen LogP contribution in [-0.2, 0) is 22.6 Å². The number of hydrogen-bond acceptors (Lipinski definition) is 4. The Bertz CT molecular complexity index is 1720. The zero-order valence-electron chi connectivity index (χ0n) is 27.5. The quantitative estimate of drug-likeness (QED) is 0.111. The van der Waals surface area contributed by atoms with Gasteiger partial charge in [-0.3, -0.25) is 14.6 Å². The van der Waals surface area contributed by atoms with E-state index in [-0.39, 0.29) is 18.4 Å². The predicted molar refractivity (Wildman–Crippen MR) is 198 cm³/mol. The molecule has 0 saturated carbocycles. The number of hydrogen-bond donors (Lipinski definition) is 1. The fourth-order valence-corrected chi connectivity index (χ4v) is 7.92. The summed E-state index contributed by atoms with van der Waals surface area (Å²) in [7, 11) is -0.829. The average molecular weight is 656 g/mol. The van der Waals surface area contributed by atoms with Gasteiger partial charge in [0, 0.05) is 31.3 Å². The number of benzene rings is 5. The standard InChI is InChI=1S/C41H42N3O3P/c1-3-44(4-2)41(46)38(28-32-24-26-35(27-25-32)47-31-33-16-8-5-9-17-33)43-40(45)30-42-29-34-18-14-15-23-39(34)48(36-19-10-6-11-20-36)37-21-12-7-13-22-37/h5-27,29,38H,3-4,28,30-31H2,1-2H3,(H,43,45)/t38-/m0/s1. The Balaban J connectivity index is 1.28. The second kappa shape index (κ2) is 17.7. The average Bonchev–Trinajstić information content (AvgIpc) is 3.13. The molecule has 0 bridgehead atoms. The van der Waals surface area contributed by atoms with Crippen molar-refractivity contribution in [3.8, 4) is 5.75 Å². The highest BCUT2D eigenvalue weighted by Crippen LogP contribution is 2.33. The van der Waals surface area contributed by atoms with Crippen molar-refractivity contribution < 1.29 is 14.3 Å². The van der Waals surface area contributed by atoms with Crippen LogP contribution in [0, 0.1) is 0 Å². The summed E-state index contributed by atoms with van der Waals surface area (Å²) in [4.78, 5) is 33.1. The van der Waals surface area contributed by atoms with E-state index < -0.39 is 14.0 Å². The topological polar surface area (TPSA) is 71.0 Å². The highest BCUT2D eigenvalue weighted by Gasteiger charge is 2.25. The van der Waals surface area contributed by atoms with Gasteiger partial charge in [-0.05, 0) is 60.9 Å². The Morgan fingerprint density at radius 1 is 0.729 bits per heavy atom. The molecule has 7 heteroatoms. The van der Waals surface area contributed by atoms with Crippen LogP contribution in [0.4, 0.5) is 0 Å². The lowest BCUT2D eigenvalue weighted by Gasteiger charge is -2.26. The molecule has 1 atom stereocenters. The van der Waals surface area contributed by atoms with Gasteiger partial charge < -0.3 is 15.0 Å². The molecule has 0 radical (unpaired) electrons. The number of rotatable bonds is 15. The van der Waals surface area contributed by atoms with Crippen molar-refractivity contribution in [2.75, 3.05) is 19.6 Å². The second-order valence-corrected chi connectivity index (χ2v) is 13.5. The third-order valence-corrected chi connectivity index (χ3v) is 10.5. The first-order chi connectivity index (χ1) is 23.6. The van der Waals surface area contributed by atoms with Crippen molar-refractivity contribution >= 4 is 41.9 Å². The van der Waals surface area contributed by atoms with E-state index in [1.54, 1.807) is 11.1 Å². The Morgan fingerprint density at radius 3 is 1.90 bits per heavy atom. The van der Waals surface area contributed by atoms with Crippen LogP contribution in [0.1, 0.15) is 30.5 Å². The van der Waals surface area contributed by atoms with Crippen molar-refractivity contribution in [2.24, 2.45) is 4.99 Å². The molecule has 0 fully saturated rings. The first-order valence-corrected chi connectivity index (χ1v) is 17.7. The molecular weight excluding hydrogens is 613 g/mol. The summed E-state index contributed by atoms with van der Waals surface area (Å²) in [6, 6.07) is 46.2. The number of carbonyl (C=O) groups is 2. The SMILES string of the molecule is CCN(CC)C(=O)[C@H](Cc1ccc(OCc2ccccc2)cc1)NC(=O)CN=Cc1ccccc1P(c1ccccc1)c1ccccc1. The van der Waals surface area contributed by atoms with Crippen molar-refractivity contribution in [1.82, 2.24) is 10.2 Å². The normalized spacial score (nSPS) is 11.7. The van der Waals surface area contributed by atoms with E-state index in [1.807, 2.05) is 98.8 Å². The molecule has 1 N–H and O–H groups in total.